The lowest BCUT2D eigenvalue weighted by atomic mass is 9.86. The minimum atomic E-state index is -0.946. The zero-order valence-corrected chi connectivity index (χ0v) is 22.0. The highest BCUT2D eigenvalue weighted by atomic mass is 16.4. The molecule has 2 amide bonds. The van der Waals surface area contributed by atoms with Gasteiger partial charge in [0.1, 0.15) is 6.54 Å². The molecule has 0 radical (unpaired) electrons. The summed E-state index contributed by atoms with van der Waals surface area (Å²) < 4.78 is 0. The molecule has 1 aromatic heterocycles. The average molecular weight is 538 g/mol. The van der Waals surface area contributed by atoms with Crippen LogP contribution in [-0.4, -0.2) is 51.5 Å². The van der Waals surface area contributed by atoms with Crippen molar-refractivity contribution >= 4 is 40.5 Å². The number of carbonyl (C=O) groups excluding carboxylic acids is 2. The van der Waals surface area contributed by atoms with Gasteiger partial charge in [-0.05, 0) is 61.1 Å². The lowest BCUT2D eigenvalue weighted by Crippen LogP contribution is -2.46. The van der Waals surface area contributed by atoms with Crippen molar-refractivity contribution < 1.29 is 19.5 Å². The first-order valence-corrected chi connectivity index (χ1v) is 13.7. The van der Waals surface area contributed by atoms with Crippen molar-refractivity contribution in [2.45, 2.75) is 50.1 Å². The van der Waals surface area contributed by atoms with Crippen LogP contribution in [-0.2, 0) is 9.59 Å². The van der Waals surface area contributed by atoms with Crippen LogP contribution in [0.5, 0.6) is 0 Å². The van der Waals surface area contributed by atoms with Gasteiger partial charge < -0.3 is 20.7 Å². The fourth-order valence-electron chi connectivity index (χ4n) is 6.01. The number of benzene rings is 3. The maximum Gasteiger partial charge on any atom is 0.304 e. The van der Waals surface area contributed by atoms with E-state index in [2.05, 4.69) is 20.6 Å². The van der Waals surface area contributed by atoms with Gasteiger partial charge in [-0.3, -0.25) is 19.3 Å². The van der Waals surface area contributed by atoms with Crippen molar-refractivity contribution in [3.8, 4) is 0 Å². The molecule has 4 aromatic rings. The van der Waals surface area contributed by atoms with Crippen LogP contribution in [0, 0.1) is 0 Å². The van der Waals surface area contributed by atoms with Crippen molar-refractivity contribution in [2.75, 3.05) is 16.8 Å². The molecule has 4 N–H and O–H groups in total. The van der Waals surface area contributed by atoms with E-state index in [1.165, 1.54) is 4.90 Å². The highest BCUT2D eigenvalue weighted by Gasteiger charge is 2.34. The lowest BCUT2D eigenvalue weighted by molar-refractivity contribution is -0.137. The molecule has 1 unspecified atom stereocenters. The van der Waals surface area contributed by atoms with E-state index in [0.29, 0.717) is 16.8 Å². The molecule has 1 fully saturated rings. The van der Waals surface area contributed by atoms with Gasteiger partial charge in [-0.2, -0.15) is 0 Å². The molecular weight excluding hydrogens is 506 g/mol. The van der Waals surface area contributed by atoms with Crippen molar-refractivity contribution in [3.05, 3.63) is 89.5 Å². The Hall–Kier alpha value is -4.66. The Morgan fingerprint density at radius 1 is 0.900 bits per heavy atom. The van der Waals surface area contributed by atoms with Gasteiger partial charge in [-0.25, -0.2) is 4.98 Å². The van der Waals surface area contributed by atoms with Crippen LogP contribution >= 0.6 is 0 Å². The fourth-order valence-corrected chi connectivity index (χ4v) is 6.01. The summed E-state index contributed by atoms with van der Waals surface area (Å²) in [5.74, 6) is -1.21. The summed E-state index contributed by atoms with van der Waals surface area (Å²) in [7, 11) is 0. The van der Waals surface area contributed by atoms with E-state index in [0.717, 1.165) is 48.2 Å². The Balaban J connectivity index is 1.13. The van der Waals surface area contributed by atoms with Crippen molar-refractivity contribution in [3.63, 3.8) is 0 Å². The second-order valence-corrected chi connectivity index (χ2v) is 10.6. The summed E-state index contributed by atoms with van der Waals surface area (Å²) in [6.07, 6.45) is 3.26. The second kappa shape index (κ2) is 10.8. The van der Waals surface area contributed by atoms with E-state index in [1.807, 2.05) is 42.5 Å². The molecule has 1 aliphatic carbocycles. The number of aliphatic carboxylic acids is 1. The predicted molar refractivity (Wildman–Crippen MR) is 153 cm³/mol. The Morgan fingerprint density at radius 3 is 2.35 bits per heavy atom. The largest absolute Gasteiger partial charge is 0.481 e. The van der Waals surface area contributed by atoms with Crippen LogP contribution in [0.2, 0.25) is 0 Å². The highest BCUT2D eigenvalue weighted by Crippen LogP contribution is 2.40. The molecule has 1 atom stereocenters. The maximum atomic E-state index is 13.7. The Bertz CT molecular complexity index is 1540. The van der Waals surface area contributed by atoms with Gasteiger partial charge >= 0.3 is 5.97 Å². The number of para-hydroxylation sites is 3. The second-order valence-electron chi connectivity index (χ2n) is 10.6. The number of nitrogens with one attached hydrogen (secondary N) is 3. The topological polar surface area (TPSA) is 127 Å². The van der Waals surface area contributed by atoms with E-state index in [4.69, 9.17) is 0 Å². The van der Waals surface area contributed by atoms with Gasteiger partial charge in [0.25, 0.3) is 5.91 Å². The molecule has 9 heteroatoms. The Kier molecular flexibility index (Phi) is 6.94. The SMILES string of the molecule is O=C(O)CC1c2ccccc2C(=O)N(CC(=O)NC2CCC(Nc3nc4ccccc4[nH]3)CC2)c2ccccc21. The zero-order valence-electron chi connectivity index (χ0n) is 22.0. The van der Waals surface area contributed by atoms with Gasteiger partial charge in [-0.15, -0.1) is 0 Å². The highest BCUT2D eigenvalue weighted by molar-refractivity contribution is 6.11. The third-order valence-corrected chi connectivity index (χ3v) is 7.92. The standard InChI is InChI=1S/C31H31N5O4/c37-28(32-19-13-15-20(16-14-19)33-31-34-25-10-4-5-11-26(25)35-31)18-36-27-12-6-3-8-22(27)24(17-29(38)39)21-7-1-2-9-23(21)30(36)40/h1-12,19-20,24H,13-18H2,(H,32,37)(H,38,39)(H2,33,34,35). The molecule has 0 bridgehead atoms. The van der Waals surface area contributed by atoms with Crippen molar-refractivity contribution in [1.82, 2.24) is 15.3 Å². The molecular formula is C31H31N5O4. The fraction of sp³-hybridized carbons (Fsp3) is 0.290. The number of hydrogen-bond donors (Lipinski definition) is 4. The van der Waals surface area contributed by atoms with E-state index < -0.39 is 11.9 Å². The van der Waals surface area contributed by atoms with E-state index in [9.17, 15) is 19.5 Å². The monoisotopic (exact) mass is 537 g/mol. The number of amides is 2. The number of nitrogens with zero attached hydrogens (tertiary/aromatic N) is 2. The average Bonchev–Trinajstić information content (AvgIpc) is 3.34. The normalized spacial score (nSPS) is 20.4. The van der Waals surface area contributed by atoms with Gasteiger partial charge in [0, 0.05) is 29.3 Å². The zero-order chi connectivity index (χ0) is 27.6. The van der Waals surface area contributed by atoms with E-state index in [-0.39, 0.29) is 36.9 Å². The molecule has 0 spiro atoms. The molecule has 6 rings (SSSR count). The summed E-state index contributed by atoms with van der Waals surface area (Å²) in [6, 6.07) is 22.6. The minimum absolute atomic E-state index is 0.0191. The first-order valence-electron chi connectivity index (χ1n) is 13.7. The van der Waals surface area contributed by atoms with E-state index in [1.54, 1.807) is 30.3 Å². The van der Waals surface area contributed by atoms with Crippen LogP contribution in [0.25, 0.3) is 11.0 Å². The number of carbonyl (C=O) groups is 3. The van der Waals surface area contributed by atoms with Crippen LogP contribution in [0.15, 0.2) is 72.8 Å². The van der Waals surface area contributed by atoms with E-state index >= 15 is 0 Å². The molecule has 2 aliphatic rings. The van der Waals surface area contributed by atoms with Gasteiger partial charge in [0.15, 0.2) is 0 Å². The van der Waals surface area contributed by atoms with Gasteiger partial charge in [0.2, 0.25) is 11.9 Å². The first-order chi connectivity index (χ1) is 19.5. The van der Waals surface area contributed by atoms with Crippen LogP contribution in [0.4, 0.5) is 11.6 Å². The number of carboxylic acids is 1. The third kappa shape index (κ3) is 5.14. The summed E-state index contributed by atoms with van der Waals surface area (Å²) in [5.41, 5.74) is 4.31. The maximum absolute atomic E-state index is 13.7. The van der Waals surface area contributed by atoms with Crippen LogP contribution < -0.4 is 15.5 Å². The Labute approximate surface area is 231 Å². The van der Waals surface area contributed by atoms with Gasteiger partial charge in [0.05, 0.1) is 17.5 Å². The van der Waals surface area contributed by atoms with Crippen LogP contribution in [0.1, 0.15) is 59.5 Å². The molecule has 1 saturated carbocycles. The molecule has 3 aromatic carbocycles. The number of rotatable bonds is 7. The van der Waals surface area contributed by atoms with Crippen molar-refractivity contribution in [2.24, 2.45) is 0 Å². The number of hydrogen-bond acceptors (Lipinski definition) is 5. The summed E-state index contributed by atoms with van der Waals surface area (Å²) in [4.78, 5) is 48.1. The first kappa shape index (κ1) is 25.6. The number of aromatic amines is 1. The molecule has 9 nitrogen and oxygen atoms in total. The molecule has 40 heavy (non-hydrogen) atoms. The number of aromatic nitrogens is 2. The predicted octanol–water partition coefficient (Wildman–Crippen LogP) is 4.67. The van der Waals surface area contributed by atoms with Gasteiger partial charge in [-0.1, -0.05) is 48.5 Å². The molecule has 1 aliphatic heterocycles. The number of imidazole rings is 1. The smallest absolute Gasteiger partial charge is 0.304 e. The minimum Gasteiger partial charge on any atom is -0.481 e. The summed E-state index contributed by atoms with van der Waals surface area (Å²) >= 11 is 0. The Morgan fingerprint density at radius 2 is 1.57 bits per heavy atom. The third-order valence-electron chi connectivity index (χ3n) is 7.92. The number of carboxylic acid groups (broad SMARTS) is 1. The molecule has 2 heterocycles. The quantitative estimate of drug-likeness (QED) is 0.271. The number of anilines is 2. The van der Waals surface area contributed by atoms with Crippen molar-refractivity contribution in [1.29, 1.82) is 0 Å². The number of H-pyrrole nitrogens is 1. The summed E-state index contributed by atoms with van der Waals surface area (Å²) in [6.45, 7) is -0.138. The van der Waals surface area contributed by atoms with Crippen LogP contribution in [0.3, 0.4) is 0 Å². The lowest BCUT2D eigenvalue weighted by Gasteiger charge is -2.30. The number of fused-ring (bicyclic) bond motifs is 3. The molecule has 0 saturated heterocycles. The molecule has 204 valence electrons. The summed E-state index contributed by atoms with van der Waals surface area (Å²) in [5, 5.41) is 16.2.